The number of aromatic nitrogens is 2. The second-order valence-electron chi connectivity index (χ2n) is 18.6. The Bertz CT molecular complexity index is 2360. The zero-order chi connectivity index (χ0) is 53.7. The minimum Gasteiger partial charge on any atom is -0.460 e. The highest BCUT2D eigenvalue weighted by atomic mass is 16.6. The number of aliphatic hydroxyl groups excluding tert-OH is 3. The number of oxazole rings is 2. The van der Waals surface area contributed by atoms with E-state index in [1.807, 2.05) is 41.5 Å². The highest BCUT2D eigenvalue weighted by molar-refractivity contribution is 5.95. The summed E-state index contributed by atoms with van der Waals surface area (Å²) in [4.78, 5) is 95.1. The van der Waals surface area contributed by atoms with Gasteiger partial charge < -0.3 is 54.9 Å². The van der Waals surface area contributed by atoms with Gasteiger partial charge in [-0.3, -0.25) is 24.0 Å². The first-order valence-corrected chi connectivity index (χ1v) is 24.0. The van der Waals surface area contributed by atoms with E-state index in [2.05, 4.69) is 31.2 Å². The van der Waals surface area contributed by atoms with Gasteiger partial charge in [-0.1, -0.05) is 101 Å². The summed E-state index contributed by atoms with van der Waals surface area (Å²) >= 11 is 0. The van der Waals surface area contributed by atoms with Crippen LogP contribution in [0.3, 0.4) is 0 Å². The fourth-order valence-corrected chi connectivity index (χ4v) is 7.34. The number of fused-ring (bicyclic) bond motifs is 4. The number of hydrogen-bond donors (Lipinski definition) is 7. The zero-order valence-electron chi connectivity index (χ0n) is 42.7. The second-order valence-corrected chi connectivity index (χ2v) is 18.6. The van der Waals surface area contributed by atoms with E-state index in [1.165, 1.54) is 32.1 Å². The topological polar surface area (TPSA) is 299 Å². The van der Waals surface area contributed by atoms with Gasteiger partial charge in [0.1, 0.15) is 42.6 Å². The van der Waals surface area contributed by atoms with Crippen molar-refractivity contribution in [3.05, 3.63) is 108 Å². The Kier molecular flexibility index (Phi) is 24.4. The molecule has 20 nitrogen and oxygen atoms in total. The maximum Gasteiger partial charge on any atom is 0.328 e. The van der Waals surface area contributed by atoms with Crippen molar-refractivity contribution >= 4 is 41.4 Å². The fourth-order valence-electron chi connectivity index (χ4n) is 7.34. The van der Waals surface area contributed by atoms with E-state index >= 15 is 0 Å². The Morgan fingerprint density at radius 2 is 1.03 bits per heavy atom. The van der Waals surface area contributed by atoms with Crippen molar-refractivity contribution in [2.75, 3.05) is 13.1 Å². The molecular weight excluding hydrogens is 933 g/mol. The summed E-state index contributed by atoms with van der Waals surface area (Å²) in [6.07, 6.45) is 14.2. The number of nitrogens with zero attached hydrogens (tertiary/aromatic N) is 2. The molecule has 2 aromatic rings. The van der Waals surface area contributed by atoms with Crippen molar-refractivity contribution in [3.63, 3.8) is 0 Å². The molecule has 2 aliphatic rings. The predicted octanol–water partition coefficient (Wildman–Crippen LogP) is 3.89. The van der Waals surface area contributed by atoms with Gasteiger partial charge >= 0.3 is 11.9 Å². The van der Waals surface area contributed by atoms with E-state index in [0.717, 1.165) is 23.7 Å². The third-order valence-corrected chi connectivity index (χ3v) is 11.1. The SMILES string of the molecule is CC1=C[C@@H](O)CC(=O)Cc2nc(co2)C(=O)N[C@H](C)C(=O)O[C@H](C(C)C)[C@H](C)/C=C/C(=O)NCC=C1.CC1=C[C@@H](O)C[C@@H](O)Cc2nc(co2)C(=O)N[C@H](C)C(=O)O[C@H](C(C)C)[C@H](C)/C=C/C(=O)NCC=C1. The molecule has 0 aliphatic carbocycles. The van der Waals surface area contributed by atoms with Gasteiger partial charge in [0.25, 0.3) is 11.8 Å². The molecule has 0 aromatic carbocycles. The number of Topliss-reactive ketones (excluding diaryl/α,β-unsaturated/α-hetero) is 1. The van der Waals surface area contributed by atoms with Gasteiger partial charge in [0, 0.05) is 37.8 Å². The molecule has 394 valence electrons. The van der Waals surface area contributed by atoms with Gasteiger partial charge in [0.2, 0.25) is 17.7 Å². The van der Waals surface area contributed by atoms with Crippen LogP contribution in [0.5, 0.6) is 0 Å². The van der Waals surface area contributed by atoms with Crippen molar-refractivity contribution in [1.29, 1.82) is 0 Å². The van der Waals surface area contributed by atoms with Gasteiger partial charge in [-0.25, -0.2) is 19.6 Å². The molecule has 2 aromatic heterocycles. The van der Waals surface area contributed by atoms with Gasteiger partial charge in [-0.15, -0.1) is 0 Å². The molecule has 4 bridgehead atoms. The highest BCUT2D eigenvalue weighted by Crippen LogP contribution is 2.21. The van der Waals surface area contributed by atoms with Crippen molar-refractivity contribution in [2.45, 2.75) is 138 Å². The first-order valence-electron chi connectivity index (χ1n) is 24.0. The van der Waals surface area contributed by atoms with E-state index in [4.69, 9.17) is 18.3 Å². The van der Waals surface area contributed by atoms with Crippen LogP contribution in [-0.2, 0) is 46.3 Å². The molecule has 72 heavy (non-hydrogen) atoms. The number of rotatable bonds is 2. The Morgan fingerprint density at radius 3 is 1.49 bits per heavy atom. The van der Waals surface area contributed by atoms with Crippen LogP contribution in [0.4, 0.5) is 0 Å². The lowest BCUT2D eigenvalue weighted by Crippen LogP contribution is -2.42. The molecule has 9 atom stereocenters. The van der Waals surface area contributed by atoms with Crippen LogP contribution in [0.25, 0.3) is 0 Å². The van der Waals surface area contributed by atoms with Gasteiger partial charge in [-0.05, 0) is 51.7 Å². The number of carbonyl (C=O) groups excluding carboxylic acids is 7. The standard InChI is InChI=1S/C26H37N3O7.C26H35N3O7/c2*1-15(2)24-17(4)8-9-22(32)27-10-6-7-16(3)11-19(30)12-20(31)13-23-29-21(14-35-23)25(33)28-18(5)26(34)36-24/h6-9,11,14-15,17-20,24,30-31H,10,12-13H2,1-5H3,(H,27,32)(H,28,33);6-9,11,14-15,17-19,24,30H,10,12-13H2,1-5H3,(H,27,32)(H,28,33)/b2*7-6?,9-8+,16-11?/t17-,18-,19-,20-,24-;17-,18-,19-,24-/m11/s1. The third kappa shape index (κ3) is 21.3. The molecule has 0 fully saturated rings. The van der Waals surface area contributed by atoms with E-state index < -0.39 is 66.4 Å². The van der Waals surface area contributed by atoms with Gasteiger partial charge in [-0.2, -0.15) is 0 Å². The molecule has 0 radical (unpaired) electrons. The monoisotopic (exact) mass is 1000 g/mol. The van der Waals surface area contributed by atoms with E-state index in [1.54, 1.807) is 56.4 Å². The third-order valence-electron chi connectivity index (χ3n) is 11.1. The summed E-state index contributed by atoms with van der Waals surface area (Å²) in [5, 5.41) is 41.2. The second kappa shape index (κ2) is 29.5. The lowest BCUT2D eigenvalue weighted by Gasteiger charge is -2.27. The van der Waals surface area contributed by atoms with Crippen LogP contribution < -0.4 is 21.3 Å². The molecule has 0 saturated carbocycles. The number of ether oxygens (including phenoxy) is 2. The Hall–Kier alpha value is -6.77. The molecule has 0 unspecified atom stereocenters. The van der Waals surface area contributed by atoms with Crippen molar-refractivity contribution in [1.82, 2.24) is 31.2 Å². The van der Waals surface area contributed by atoms with Crippen molar-refractivity contribution in [2.24, 2.45) is 23.7 Å². The Labute approximate surface area is 420 Å². The fraction of sp³-hybridized carbons (Fsp3) is 0.519. The lowest BCUT2D eigenvalue weighted by atomic mass is 9.94. The minimum atomic E-state index is -1.01. The lowest BCUT2D eigenvalue weighted by molar-refractivity contribution is -0.156. The molecule has 4 rings (SSSR count). The molecule has 2 aliphatic heterocycles. The first-order chi connectivity index (χ1) is 33.9. The van der Waals surface area contributed by atoms with Crippen LogP contribution in [-0.4, -0.2) is 122 Å². The molecule has 0 saturated heterocycles. The number of amides is 4. The number of cyclic esters (lactones) is 2. The van der Waals surface area contributed by atoms with Gasteiger partial charge in [0.05, 0.1) is 31.2 Å². The molecular formula is C52H72N6O14. The zero-order valence-corrected chi connectivity index (χ0v) is 42.7. The smallest absolute Gasteiger partial charge is 0.328 e. The first kappa shape index (κ1) is 59.5. The molecule has 4 amide bonds. The molecule has 7 N–H and O–H groups in total. The Morgan fingerprint density at radius 1 is 0.597 bits per heavy atom. The highest BCUT2D eigenvalue weighted by Gasteiger charge is 2.30. The van der Waals surface area contributed by atoms with Crippen LogP contribution in [0.15, 0.2) is 93.3 Å². The average Bonchev–Trinajstić information content (AvgIpc) is 3.97. The molecule has 4 heterocycles. The summed E-state index contributed by atoms with van der Waals surface area (Å²) in [6.45, 7) is 18.4. The number of esters is 2. The number of aliphatic hydroxyl groups is 3. The molecule has 20 heteroatoms. The Balaban J connectivity index is 0.000000380. The van der Waals surface area contributed by atoms with Crippen LogP contribution in [0.1, 0.15) is 115 Å². The molecule has 0 spiro atoms. The van der Waals surface area contributed by atoms with Crippen LogP contribution in [0, 0.1) is 23.7 Å². The van der Waals surface area contributed by atoms with Crippen molar-refractivity contribution in [3.8, 4) is 0 Å². The van der Waals surface area contributed by atoms with E-state index in [-0.39, 0.29) is 103 Å². The van der Waals surface area contributed by atoms with E-state index in [9.17, 15) is 48.9 Å². The van der Waals surface area contributed by atoms with Crippen LogP contribution in [0.2, 0.25) is 0 Å². The number of carbonyl (C=O) groups is 7. The summed E-state index contributed by atoms with van der Waals surface area (Å²) in [7, 11) is 0. The maximum atomic E-state index is 12.7. The van der Waals surface area contributed by atoms with Gasteiger partial charge in [0.15, 0.2) is 17.3 Å². The summed E-state index contributed by atoms with van der Waals surface area (Å²) in [5.41, 5.74) is 1.36. The van der Waals surface area contributed by atoms with Crippen LogP contribution >= 0.6 is 0 Å². The van der Waals surface area contributed by atoms with E-state index in [0.29, 0.717) is 0 Å². The number of ketones is 1. The maximum absolute atomic E-state index is 12.7. The van der Waals surface area contributed by atoms with Crippen molar-refractivity contribution < 1.29 is 67.2 Å². The number of nitrogens with one attached hydrogen (secondary N) is 4. The normalized spacial score (nSPS) is 27.6. The largest absolute Gasteiger partial charge is 0.460 e. The number of allylic oxidation sites excluding steroid dienone is 4. The quantitative estimate of drug-likeness (QED) is 0.210. The summed E-state index contributed by atoms with van der Waals surface area (Å²) in [6, 6.07) is -1.93. The summed E-state index contributed by atoms with van der Waals surface area (Å²) < 4.78 is 21.8. The predicted molar refractivity (Wildman–Crippen MR) is 264 cm³/mol. The number of hydrogen-bond acceptors (Lipinski definition) is 16. The average molecular weight is 1010 g/mol. The minimum absolute atomic E-state index is 0.00233. The summed E-state index contributed by atoms with van der Waals surface area (Å²) in [5.74, 6) is -3.90.